The Morgan fingerprint density at radius 1 is 1.25 bits per heavy atom. The smallest absolute Gasteiger partial charge is 0.119 e. The largest absolute Gasteiger partial charge is 0.402 e. The number of rotatable bonds is 6. The summed E-state index contributed by atoms with van der Waals surface area (Å²) in [5, 5.41) is 0. The number of allylic oxidation sites excluding steroid dienone is 1. The molecule has 0 aliphatic heterocycles. The Morgan fingerprint density at radius 2 is 1.90 bits per heavy atom. The van der Waals surface area contributed by atoms with Crippen molar-refractivity contribution in [2.45, 2.75) is 59.8 Å². The topological polar surface area (TPSA) is 43.1 Å². The van der Waals surface area contributed by atoms with Gasteiger partial charge in [0.15, 0.2) is 0 Å². The fraction of sp³-hybridized carbons (Fsp3) is 0.500. The fourth-order valence-electron chi connectivity index (χ4n) is 2.07. The molecule has 0 saturated carbocycles. The van der Waals surface area contributed by atoms with Gasteiger partial charge in [-0.15, -0.1) is 0 Å². The highest BCUT2D eigenvalue weighted by molar-refractivity contribution is 5.57. The fourth-order valence-corrected chi connectivity index (χ4v) is 2.07. The molecule has 0 aliphatic carbocycles. The lowest BCUT2D eigenvalue weighted by atomic mass is 9.95. The molecule has 0 bridgehead atoms. The van der Waals surface area contributed by atoms with Crippen molar-refractivity contribution >= 4 is 12.4 Å². The van der Waals surface area contributed by atoms with E-state index in [0.29, 0.717) is 6.42 Å². The molecule has 0 aromatic heterocycles. The third-order valence-corrected chi connectivity index (χ3v) is 3.01. The quantitative estimate of drug-likeness (QED) is 0.776. The summed E-state index contributed by atoms with van der Waals surface area (Å²) >= 11 is 0. The van der Waals surface area contributed by atoms with Crippen LogP contribution in [-0.2, 0) is 17.6 Å². The van der Waals surface area contributed by atoms with Gasteiger partial charge in [0.05, 0.1) is 0 Å². The molecule has 0 unspecified atom stereocenters. The second kappa shape index (κ2) is 11.3. The van der Waals surface area contributed by atoms with Crippen molar-refractivity contribution < 1.29 is 4.79 Å². The molecule has 0 radical (unpaired) electrons. The van der Waals surface area contributed by atoms with E-state index in [9.17, 15) is 4.79 Å². The highest BCUT2D eigenvalue weighted by atomic mass is 16.1. The first kappa shape index (κ1) is 18.4. The van der Waals surface area contributed by atoms with Crippen LogP contribution in [0, 0.1) is 0 Å². The van der Waals surface area contributed by atoms with Crippen molar-refractivity contribution in [1.29, 1.82) is 0 Å². The molecule has 112 valence electrons. The second-order valence-electron chi connectivity index (χ2n) is 4.91. The van der Waals surface area contributed by atoms with Crippen molar-refractivity contribution in [2.24, 2.45) is 5.73 Å². The maximum Gasteiger partial charge on any atom is 0.119 e. The molecule has 0 aliphatic rings. The van der Waals surface area contributed by atoms with E-state index in [1.165, 1.54) is 36.0 Å². The summed E-state index contributed by atoms with van der Waals surface area (Å²) in [5.74, 6) is 0. The molecule has 0 heterocycles. The lowest BCUT2D eigenvalue weighted by Gasteiger charge is -2.11. The molecular formula is C18H29NO. The molecule has 1 aromatic carbocycles. The lowest BCUT2D eigenvalue weighted by Crippen LogP contribution is -1.98. The van der Waals surface area contributed by atoms with Crippen LogP contribution in [0.25, 0.3) is 6.08 Å². The van der Waals surface area contributed by atoms with Crippen LogP contribution in [0.1, 0.15) is 63.6 Å². The number of carbonyl (C=O) groups is 1. The number of aldehydes is 1. The number of hydrogen-bond acceptors (Lipinski definition) is 2. The van der Waals surface area contributed by atoms with Crippen molar-refractivity contribution in [3.63, 3.8) is 0 Å². The molecule has 2 heteroatoms. The Morgan fingerprint density at radius 3 is 2.35 bits per heavy atom. The molecule has 1 rings (SSSR count). The van der Waals surface area contributed by atoms with E-state index in [0.717, 1.165) is 18.4 Å². The minimum absolute atomic E-state index is 0.639. The van der Waals surface area contributed by atoms with Gasteiger partial charge in [-0.2, -0.15) is 0 Å². The van der Waals surface area contributed by atoms with Crippen LogP contribution >= 0.6 is 0 Å². The van der Waals surface area contributed by atoms with Gasteiger partial charge in [0.1, 0.15) is 6.29 Å². The first-order chi connectivity index (χ1) is 9.60. The van der Waals surface area contributed by atoms with Crippen LogP contribution in [0.15, 0.2) is 23.9 Å². The Bertz CT molecular complexity index is 417. The zero-order valence-electron chi connectivity index (χ0n) is 13.4. The molecule has 0 atom stereocenters. The number of aryl methyl sites for hydroxylation is 1. The van der Waals surface area contributed by atoms with E-state index in [-0.39, 0.29) is 0 Å². The van der Waals surface area contributed by atoms with E-state index < -0.39 is 0 Å². The third kappa shape index (κ3) is 7.13. The number of benzene rings is 1. The molecular weight excluding hydrogens is 246 g/mol. The van der Waals surface area contributed by atoms with Gasteiger partial charge in [-0.25, -0.2) is 0 Å². The lowest BCUT2D eigenvalue weighted by molar-refractivity contribution is -0.107. The van der Waals surface area contributed by atoms with Crippen LogP contribution in [0.5, 0.6) is 0 Å². The standard InChI is InChI=1S/C15H23N.C3H6O/c1-4-6-8-13-9-7-10-14(11-12(3)16)15(13)5-2;1-2-3-4/h7,9-11H,4-6,8,16H2,1-3H3;3H,2H2,1H3/b12-11-;. The summed E-state index contributed by atoms with van der Waals surface area (Å²) in [5.41, 5.74) is 10.9. The zero-order valence-corrected chi connectivity index (χ0v) is 13.4. The van der Waals surface area contributed by atoms with Gasteiger partial charge in [-0.3, -0.25) is 0 Å². The summed E-state index contributed by atoms with van der Waals surface area (Å²) in [6.45, 7) is 8.21. The minimum Gasteiger partial charge on any atom is -0.402 e. The van der Waals surface area contributed by atoms with Crippen LogP contribution in [0.3, 0.4) is 0 Å². The van der Waals surface area contributed by atoms with Gasteiger partial charge in [-0.05, 0) is 49.0 Å². The summed E-state index contributed by atoms with van der Waals surface area (Å²) in [6.07, 6.45) is 8.37. The maximum absolute atomic E-state index is 9.17. The predicted molar refractivity (Wildman–Crippen MR) is 88.6 cm³/mol. The Balaban J connectivity index is 0.000000796. The predicted octanol–water partition coefficient (Wildman–Crippen LogP) is 4.51. The highest BCUT2D eigenvalue weighted by Gasteiger charge is 2.04. The second-order valence-corrected chi connectivity index (χ2v) is 4.91. The zero-order chi connectivity index (χ0) is 15.4. The average molecular weight is 275 g/mol. The van der Waals surface area contributed by atoms with Gasteiger partial charge in [0.2, 0.25) is 0 Å². The minimum atomic E-state index is 0.639. The monoisotopic (exact) mass is 275 g/mol. The van der Waals surface area contributed by atoms with Gasteiger partial charge < -0.3 is 10.5 Å². The molecule has 20 heavy (non-hydrogen) atoms. The average Bonchev–Trinajstić information content (AvgIpc) is 2.44. The van der Waals surface area contributed by atoms with Crippen LogP contribution in [0.4, 0.5) is 0 Å². The van der Waals surface area contributed by atoms with E-state index in [1.54, 1.807) is 0 Å². The molecule has 1 aromatic rings. The summed E-state index contributed by atoms with van der Waals surface area (Å²) < 4.78 is 0. The first-order valence-corrected chi connectivity index (χ1v) is 7.58. The molecule has 0 amide bonds. The molecule has 0 spiro atoms. The first-order valence-electron chi connectivity index (χ1n) is 7.58. The van der Waals surface area contributed by atoms with Crippen LogP contribution < -0.4 is 5.73 Å². The van der Waals surface area contributed by atoms with E-state index in [4.69, 9.17) is 5.73 Å². The van der Waals surface area contributed by atoms with E-state index in [2.05, 4.69) is 38.1 Å². The van der Waals surface area contributed by atoms with Crippen molar-refractivity contribution in [3.8, 4) is 0 Å². The number of unbranched alkanes of at least 4 members (excludes halogenated alkanes) is 1. The molecule has 2 N–H and O–H groups in total. The van der Waals surface area contributed by atoms with Gasteiger partial charge in [-0.1, -0.05) is 45.4 Å². The van der Waals surface area contributed by atoms with E-state index in [1.807, 2.05) is 13.8 Å². The van der Waals surface area contributed by atoms with Crippen LogP contribution in [0.2, 0.25) is 0 Å². The number of nitrogens with two attached hydrogens (primary N) is 1. The Labute approximate surface area is 124 Å². The molecule has 0 fully saturated rings. The molecule has 2 nitrogen and oxygen atoms in total. The van der Waals surface area contributed by atoms with Crippen molar-refractivity contribution in [1.82, 2.24) is 0 Å². The van der Waals surface area contributed by atoms with Crippen molar-refractivity contribution in [2.75, 3.05) is 0 Å². The Hall–Kier alpha value is -1.57. The number of hydrogen-bond donors (Lipinski definition) is 1. The summed E-state index contributed by atoms with van der Waals surface area (Å²) in [7, 11) is 0. The third-order valence-electron chi connectivity index (χ3n) is 3.01. The van der Waals surface area contributed by atoms with Gasteiger partial charge in [0, 0.05) is 12.1 Å². The number of carbonyl (C=O) groups excluding carboxylic acids is 1. The molecule has 0 saturated heterocycles. The van der Waals surface area contributed by atoms with Crippen molar-refractivity contribution in [3.05, 3.63) is 40.6 Å². The summed E-state index contributed by atoms with van der Waals surface area (Å²) in [6, 6.07) is 6.54. The highest BCUT2D eigenvalue weighted by Crippen LogP contribution is 2.19. The normalized spacial score (nSPS) is 10.7. The van der Waals surface area contributed by atoms with Gasteiger partial charge >= 0.3 is 0 Å². The van der Waals surface area contributed by atoms with E-state index >= 15 is 0 Å². The van der Waals surface area contributed by atoms with Crippen LogP contribution in [-0.4, -0.2) is 6.29 Å². The Kier molecular flexibility index (Phi) is 10.4. The SMILES string of the molecule is CCC=O.CCCCc1cccc(/C=C(/C)N)c1CC. The maximum atomic E-state index is 9.17. The van der Waals surface area contributed by atoms with Gasteiger partial charge in [0.25, 0.3) is 0 Å². The summed E-state index contributed by atoms with van der Waals surface area (Å²) in [4.78, 5) is 9.17.